The molecule has 2 heterocycles. The molecule has 50 heavy (non-hydrogen) atoms. The maximum atomic E-state index is 13.2. The van der Waals surface area contributed by atoms with Crippen molar-refractivity contribution < 1.29 is 29.6 Å². The molecule has 10 heteroatoms. The van der Waals surface area contributed by atoms with E-state index >= 15 is 0 Å². The smallest absolute Gasteiger partial charge is 0.262 e. The molecule has 0 spiro atoms. The van der Waals surface area contributed by atoms with Gasteiger partial charge in [0, 0.05) is 48.8 Å². The fourth-order valence-electron chi connectivity index (χ4n) is 7.10. The Morgan fingerprint density at radius 2 is 1.68 bits per heavy atom. The van der Waals surface area contributed by atoms with E-state index in [0.29, 0.717) is 30.0 Å². The molecule has 6 rings (SSSR count). The van der Waals surface area contributed by atoms with Gasteiger partial charge < -0.3 is 40.5 Å². The van der Waals surface area contributed by atoms with Crippen LogP contribution in [0.1, 0.15) is 63.5 Å². The third kappa shape index (κ3) is 7.62. The molecule has 4 aromatic rings. The summed E-state index contributed by atoms with van der Waals surface area (Å²) in [4.78, 5) is 29.0. The van der Waals surface area contributed by atoms with Crippen LogP contribution in [-0.2, 0) is 23.2 Å². The maximum absolute atomic E-state index is 13.2. The van der Waals surface area contributed by atoms with Gasteiger partial charge in [0.05, 0.1) is 6.10 Å². The van der Waals surface area contributed by atoms with Gasteiger partial charge in [0.25, 0.3) is 11.8 Å². The van der Waals surface area contributed by atoms with Gasteiger partial charge in [-0.1, -0.05) is 54.6 Å². The number of benzene rings is 4. The molecule has 4 aromatic carbocycles. The molecule has 0 bridgehead atoms. The Bertz CT molecular complexity index is 1810. The summed E-state index contributed by atoms with van der Waals surface area (Å²) in [5.41, 5.74) is 5.34. The van der Waals surface area contributed by atoms with Crippen LogP contribution in [0.5, 0.6) is 17.2 Å². The van der Waals surface area contributed by atoms with Gasteiger partial charge in [0.2, 0.25) is 0 Å². The third-order valence-electron chi connectivity index (χ3n) is 10.1. The van der Waals surface area contributed by atoms with E-state index in [-0.39, 0.29) is 47.6 Å². The van der Waals surface area contributed by atoms with E-state index in [2.05, 4.69) is 52.9 Å². The van der Waals surface area contributed by atoms with E-state index in [1.165, 1.54) is 11.6 Å². The summed E-state index contributed by atoms with van der Waals surface area (Å²) in [6.07, 6.45) is 2.54. The zero-order valence-electron chi connectivity index (χ0n) is 28.7. The number of hydrogen-bond donors (Lipinski definition) is 5. The zero-order chi connectivity index (χ0) is 35.3. The van der Waals surface area contributed by atoms with E-state index in [1.54, 1.807) is 11.0 Å². The average Bonchev–Trinajstić information content (AvgIpc) is 3.13. The largest absolute Gasteiger partial charge is 0.508 e. The molecule has 10 nitrogen and oxygen atoms in total. The minimum atomic E-state index is -0.929. The number of ether oxygens (including phenoxy) is 1. The average molecular weight is 679 g/mol. The quantitative estimate of drug-likeness (QED) is 0.133. The third-order valence-corrected chi connectivity index (χ3v) is 10.1. The first-order chi connectivity index (χ1) is 24.1. The number of anilines is 1. The molecule has 2 aliphatic rings. The molecule has 1 atom stereocenters. The van der Waals surface area contributed by atoms with Crippen molar-refractivity contribution in [2.75, 3.05) is 52.2 Å². The van der Waals surface area contributed by atoms with E-state index < -0.39 is 6.10 Å². The lowest BCUT2D eigenvalue weighted by Crippen LogP contribution is -2.41. The first kappa shape index (κ1) is 34.9. The molecular formula is C40H46N4O6. The predicted molar refractivity (Wildman–Crippen MR) is 193 cm³/mol. The van der Waals surface area contributed by atoms with Crippen LogP contribution in [-0.4, -0.2) is 83.8 Å². The number of nitrogens with zero attached hydrogens (tertiary/aromatic N) is 2. The van der Waals surface area contributed by atoms with Gasteiger partial charge in [-0.25, -0.2) is 0 Å². The Labute approximate surface area is 293 Å². The molecule has 262 valence electrons. The van der Waals surface area contributed by atoms with Crippen molar-refractivity contribution >= 4 is 17.5 Å². The Morgan fingerprint density at radius 3 is 2.42 bits per heavy atom. The van der Waals surface area contributed by atoms with Crippen LogP contribution in [0, 0.1) is 0 Å². The topological polar surface area (TPSA) is 135 Å². The Kier molecular flexibility index (Phi) is 10.7. The lowest BCUT2D eigenvalue weighted by molar-refractivity contribution is -0.118. The highest BCUT2D eigenvalue weighted by Gasteiger charge is 2.39. The monoisotopic (exact) mass is 678 g/mol. The van der Waals surface area contributed by atoms with Gasteiger partial charge in [-0.15, -0.1) is 0 Å². The highest BCUT2D eigenvalue weighted by Crippen LogP contribution is 2.45. The normalized spacial score (nSPS) is 16.2. The summed E-state index contributed by atoms with van der Waals surface area (Å²) in [6, 6.07) is 26.9. The molecule has 1 fully saturated rings. The molecule has 0 aliphatic carbocycles. The highest BCUT2D eigenvalue weighted by molar-refractivity contribution is 5.97. The van der Waals surface area contributed by atoms with Gasteiger partial charge in [0.15, 0.2) is 12.4 Å². The van der Waals surface area contributed by atoms with Crippen molar-refractivity contribution in [1.82, 2.24) is 15.1 Å². The summed E-state index contributed by atoms with van der Waals surface area (Å²) < 4.78 is 5.48. The van der Waals surface area contributed by atoms with Crippen LogP contribution >= 0.6 is 0 Å². The SMILES string of the molecule is CN1CCC(c2ccccc2)(c2cc(CCCN(C)C(=O)c3ccc(CNC[C@H](O)c4ccc(O)c5c4OCC(=O)N5)cc3)ccc2O)CC1. The number of piperidine rings is 1. The number of fused-ring (bicyclic) bond motifs is 1. The van der Waals surface area contributed by atoms with E-state index in [0.717, 1.165) is 55.5 Å². The van der Waals surface area contributed by atoms with Crippen molar-refractivity contribution in [3.8, 4) is 17.2 Å². The number of aliphatic hydroxyl groups excluding tert-OH is 1. The first-order valence-electron chi connectivity index (χ1n) is 17.2. The second kappa shape index (κ2) is 15.3. The Balaban J connectivity index is 1.01. The molecular weight excluding hydrogens is 632 g/mol. The molecule has 5 N–H and O–H groups in total. The standard InChI is InChI=1S/C40H46N4O6/c1-43-21-18-40(19-22-43,30-8-4-3-5-9-30)32-23-27(12-16-33(32)45)7-6-20-44(2)39(49)29-13-10-28(11-14-29)24-41-25-35(47)31-15-17-34(46)37-38(31)50-26-36(48)42-37/h3-5,8-17,23,35,41,45-47H,6-7,18-22,24-26H2,1-2H3,(H,42,48)/t35-/m0/s1. The number of aliphatic hydroxyl groups is 1. The Morgan fingerprint density at radius 1 is 0.980 bits per heavy atom. The number of aryl methyl sites for hydroxylation is 1. The molecule has 0 aromatic heterocycles. The second-order valence-electron chi connectivity index (χ2n) is 13.5. The maximum Gasteiger partial charge on any atom is 0.262 e. The van der Waals surface area contributed by atoms with Crippen LogP contribution in [0.15, 0.2) is 84.9 Å². The van der Waals surface area contributed by atoms with Gasteiger partial charge in [-0.3, -0.25) is 9.59 Å². The van der Waals surface area contributed by atoms with Gasteiger partial charge in [-0.05, 0) is 92.8 Å². The van der Waals surface area contributed by atoms with E-state index in [9.17, 15) is 24.9 Å². The predicted octanol–water partition coefficient (Wildman–Crippen LogP) is 4.97. The summed E-state index contributed by atoms with van der Waals surface area (Å²) in [5, 5.41) is 37.7. The summed E-state index contributed by atoms with van der Waals surface area (Å²) in [6.45, 7) is 3.03. The number of nitrogens with one attached hydrogen (secondary N) is 2. The van der Waals surface area contributed by atoms with Crippen molar-refractivity contribution in [2.24, 2.45) is 0 Å². The number of carbonyl (C=O) groups is 2. The fourth-order valence-corrected chi connectivity index (χ4v) is 7.10. The summed E-state index contributed by atoms with van der Waals surface area (Å²) in [5.74, 6) is 0.0658. The van der Waals surface area contributed by atoms with Crippen molar-refractivity contribution in [2.45, 2.75) is 43.7 Å². The van der Waals surface area contributed by atoms with Gasteiger partial charge >= 0.3 is 0 Å². The number of amides is 2. The van der Waals surface area contributed by atoms with Gasteiger partial charge in [0.1, 0.15) is 17.2 Å². The van der Waals surface area contributed by atoms with Crippen molar-refractivity contribution in [3.63, 3.8) is 0 Å². The van der Waals surface area contributed by atoms with E-state index in [4.69, 9.17) is 4.74 Å². The molecule has 1 saturated heterocycles. The molecule has 2 aliphatic heterocycles. The second-order valence-corrected chi connectivity index (χ2v) is 13.5. The molecule has 0 saturated carbocycles. The van der Waals surface area contributed by atoms with Crippen LogP contribution in [0.4, 0.5) is 5.69 Å². The van der Waals surface area contributed by atoms with Crippen LogP contribution in [0.25, 0.3) is 0 Å². The summed E-state index contributed by atoms with van der Waals surface area (Å²) in [7, 11) is 3.97. The van der Waals surface area contributed by atoms with Crippen molar-refractivity contribution in [3.05, 3.63) is 118 Å². The highest BCUT2D eigenvalue weighted by atomic mass is 16.5. The molecule has 0 unspecified atom stereocenters. The number of phenolic OH excluding ortho intramolecular Hbond substituents is 2. The molecule has 0 radical (unpaired) electrons. The lowest BCUT2D eigenvalue weighted by Gasteiger charge is -2.42. The van der Waals surface area contributed by atoms with Crippen molar-refractivity contribution in [1.29, 1.82) is 0 Å². The number of aromatic hydroxyl groups is 2. The van der Waals surface area contributed by atoms with Gasteiger partial charge in [-0.2, -0.15) is 0 Å². The van der Waals surface area contributed by atoms with Crippen LogP contribution in [0.3, 0.4) is 0 Å². The minimum absolute atomic E-state index is 0.0510. The number of rotatable bonds is 12. The van der Waals surface area contributed by atoms with Crippen LogP contribution in [0.2, 0.25) is 0 Å². The number of carbonyl (C=O) groups excluding carboxylic acids is 2. The number of hydrogen-bond acceptors (Lipinski definition) is 8. The first-order valence-corrected chi connectivity index (χ1v) is 17.2. The Hall–Kier alpha value is -4.90. The minimum Gasteiger partial charge on any atom is -0.508 e. The molecule has 2 amide bonds. The number of phenols is 2. The van der Waals surface area contributed by atoms with Crippen LogP contribution < -0.4 is 15.4 Å². The fraction of sp³-hybridized carbons (Fsp3) is 0.350. The summed E-state index contributed by atoms with van der Waals surface area (Å²) >= 11 is 0. The lowest BCUT2D eigenvalue weighted by atomic mass is 9.67. The number of likely N-dealkylation sites (tertiary alicyclic amines) is 1. The zero-order valence-corrected chi connectivity index (χ0v) is 28.7. The van der Waals surface area contributed by atoms with E-state index in [1.807, 2.05) is 49.5 Å².